The lowest BCUT2D eigenvalue weighted by atomic mass is 9.48. The van der Waals surface area contributed by atoms with Gasteiger partial charge in [0.25, 0.3) is 0 Å². The van der Waals surface area contributed by atoms with Gasteiger partial charge in [-0.05, 0) is 81.2 Å². The maximum absolute atomic E-state index is 4.57. The van der Waals surface area contributed by atoms with Crippen LogP contribution in [-0.4, -0.2) is 22.9 Å². The molecule has 0 aromatic carbocycles. The van der Waals surface area contributed by atoms with Crippen LogP contribution in [0.5, 0.6) is 0 Å². The molecule has 4 bridgehead atoms. The van der Waals surface area contributed by atoms with E-state index in [-0.39, 0.29) is 0 Å². The lowest BCUT2D eigenvalue weighted by Gasteiger charge is -2.57. The van der Waals surface area contributed by atoms with Gasteiger partial charge in [-0.15, -0.1) is 0 Å². The average Bonchev–Trinajstić information content (AvgIpc) is 2.81. The Kier molecular flexibility index (Phi) is 3.36. The smallest absolute Gasteiger partial charge is 0.0640 e. The molecule has 1 aromatic heterocycles. The van der Waals surface area contributed by atoms with Crippen molar-refractivity contribution in [3.63, 3.8) is 0 Å². The fourth-order valence-electron chi connectivity index (χ4n) is 6.16. The summed E-state index contributed by atoms with van der Waals surface area (Å²) < 4.78 is 1.92. The van der Waals surface area contributed by atoms with Crippen LogP contribution in [0, 0.1) is 23.2 Å². The summed E-state index contributed by atoms with van der Waals surface area (Å²) in [6, 6.07) is 2.76. The fourth-order valence-corrected chi connectivity index (χ4v) is 6.16. The third-order valence-corrected chi connectivity index (χ3v) is 6.48. The molecule has 3 heteroatoms. The van der Waals surface area contributed by atoms with Crippen LogP contribution >= 0.6 is 0 Å². The summed E-state index contributed by atoms with van der Waals surface area (Å²) >= 11 is 0. The number of aromatic nitrogens is 2. The van der Waals surface area contributed by atoms with E-state index in [1.54, 1.807) is 19.3 Å². The first kappa shape index (κ1) is 13.8. The molecular weight excluding hydrogens is 258 g/mol. The molecule has 1 unspecified atom stereocenters. The quantitative estimate of drug-likeness (QED) is 0.901. The first-order valence-corrected chi connectivity index (χ1v) is 8.80. The largest absolute Gasteiger partial charge is 0.317 e. The highest BCUT2D eigenvalue weighted by molar-refractivity contribution is 5.06. The predicted octanol–water partition coefficient (Wildman–Crippen LogP) is 3.16. The van der Waals surface area contributed by atoms with Gasteiger partial charge in [-0.1, -0.05) is 0 Å². The fraction of sp³-hybridized carbons (Fsp3) is 0.833. The molecule has 0 radical (unpaired) electrons. The molecule has 1 aromatic rings. The average molecular weight is 287 g/mol. The maximum atomic E-state index is 4.57. The van der Waals surface area contributed by atoms with E-state index in [9.17, 15) is 0 Å². The number of hydrogen-bond acceptors (Lipinski definition) is 2. The molecule has 4 aliphatic carbocycles. The molecule has 5 rings (SSSR count). The van der Waals surface area contributed by atoms with Crippen molar-refractivity contribution in [1.29, 1.82) is 0 Å². The summed E-state index contributed by atoms with van der Waals surface area (Å²) in [5.74, 6) is 3.18. The maximum Gasteiger partial charge on any atom is 0.0640 e. The number of hydrogen-bond donors (Lipinski definition) is 1. The topological polar surface area (TPSA) is 29.9 Å². The minimum absolute atomic E-state index is 0.594. The van der Waals surface area contributed by atoms with E-state index >= 15 is 0 Å². The van der Waals surface area contributed by atoms with E-state index in [0.29, 0.717) is 11.5 Å². The monoisotopic (exact) mass is 287 g/mol. The van der Waals surface area contributed by atoms with Gasteiger partial charge < -0.3 is 5.32 Å². The van der Waals surface area contributed by atoms with Crippen LogP contribution in [0.1, 0.15) is 50.6 Å². The normalized spacial score (nSPS) is 38.9. The molecule has 1 heterocycles. The number of likely N-dealkylation sites (N-methyl/N-ethyl adjacent to an activating group) is 1. The zero-order chi connectivity index (χ0) is 14.4. The standard InChI is InChI=1S/C18H29N3/c1-19-17(8-16-3-4-21(2)20-16)12-18-9-13-5-14(10-18)7-15(6-13)11-18/h3-4,13-15,17,19H,5-12H2,1-2H3. The Labute approximate surface area is 128 Å². The molecule has 0 aliphatic heterocycles. The molecule has 1 atom stereocenters. The molecule has 0 spiro atoms. The van der Waals surface area contributed by atoms with Gasteiger partial charge in [0, 0.05) is 25.7 Å². The van der Waals surface area contributed by atoms with Crippen LogP contribution in [0.2, 0.25) is 0 Å². The highest BCUT2D eigenvalue weighted by Crippen LogP contribution is 2.61. The van der Waals surface area contributed by atoms with Gasteiger partial charge in [-0.3, -0.25) is 4.68 Å². The molecule has 0 amide bonds. The van der Waals surface area contributed by atoms with Gasteiger partial charge >= 0.3 is 0 Å². The molecule has 21 heavy (non-hydrogen) atoms. The number of nitrogens with zero attached hydrogens (tertiary/aromatic N) is 2. The second-order valence-electron chi connectivity index (χ2n) is 8.29. The van der Waals surface area contributed by atoms with Gasteiger partial charge in [-0.25, -0.2) is 0 Å². The van der Waals surface area contributed by atoms with Crippen LogP contribution in [0.15, 0.2) is 12.3 Å². The van der Waals surface area contributed by atoms with E-state index in [0.717, 1.165) is 24.2 Å². The predicted molar refractivity (Wildman–Crippen MR) is 85.0 cm³/mol. The van der Waals surface area contributed by atoms with E-state index in [1.165, 1.54) is 31.4 Å². The van der Waals surface area contributed by atoms with E-state index < -0.39 is 0 Å². The van der Waals surface area contributed by atoms with Crippen molar-refractivity contribution in [3.05, 3.63) is 18.0 Å². The van der Waals surface area contributed by atoms with Gasteiger partial charge in [0.15, 0.2) is 0 Å². The van der Waals surface area contributed by atoms with Gasteiger partial charge in [0.2, 0.25) is 0 Å². The Morgan fingerprint density at radius 2 is 1.86 bits per heavy atom. The van der Waals surface area contributed by atoms with Gasteiger partial charge in [0.1, 0.15) is 0 Å². The third-order valence-electron chi connectivity index (χ3n) is 6.48. The second kappa shape index (κ2) is 5.12. The van der Waals surface area contributed by atoms with E-state index in [2.05, 4.69) is 29.7 Å². The summed E-state index contributed by atoms with van der Waals surface area (Å²) in [5.41, 5.74) is 1.90. The molecule has 3 nitrogen and oxygen atoms in total. The van der Waals surface area contributed by atoms with Crippen molar-refractivity contribution in [2.75, 3.05) is 7.05 Å². The van der Waals surface area contributed by atoms with Crippen molar-refractivity contribution in [2.45, 2.75) is 57.4 Å². The minimum Gasteiger partial charge on any atom is -0.317 e. The van der Waals surface area contributed by atoms with Crippen molar-refractivity contribution in [3.8, 4) is 0 Å². The SMILES string of the molecule is CNC(Cc1ccn(C)n1)CC12CC3CC(CC(C3)C1)C2. The van der Waals surface area contributed by atoms with Crippen LogP contribution in [-0.2, 0) is 13.5 Å². The lowest BCUT2D eigenvalue weighted by molar-refractivity contribution is -0.0617. The minimum atomic E-state index is 0.594. The van der Waals surface area contributed by atoms with Crippen LogP contribution in [0.3, 0.4) is 0 Å². The van der Waals surface area contributed by atoms with E-state index in [4.69, 9.17) is 0 Å². The Morgan fingerprint density at radius 3 is 2.33 bits per heavy atom. The van der Waals surface area contributed by atoms with Crippen LogP contribution in [0.25, 0.3) is 0 Å². The summed E-state index contributed by atoms with van der Waals surface area (Å²) in [7, 11) is 4.14. The highest BCUT2D eigenvalue weighted by Gasteiger charge is 2.51. The highest BCUT2D eigenvalue weighted by atomic mass is 15.2. The first-order chi connectivity index (χ1) is 10.1. The second-order valence-corrected chi connectivity index (χ2v) is 8.29. The molecule has 116 valence electrons. The van der Waals surface area contributed by atoms with Gasteiger partial charge in [-0.2, -0.15) is 5.10 Å². The zero-order valence-corrected chi connectivity index (χ0v) is 13.5. The summed E-state index contributed by atoms with van der Waals surface area (Å²) in [4.78, 5) is 0. The Bertz CT molecular complexity index is 469. The van der Waals surface area contributed by atoms with E-state index in [1.807, 2.05) is 11.7 Å². The Hall–Kier alpha value is -0.830. The molecular formula is C18H29N3. The van der Waals surface area contributed by atoms with Crippen molar-refractivity contribution in [1.82, 2.24) is 15.1 Å². The van der Waals surface area contributed by atoms with Crippen molar-refractivity contribution >= 4 is 0 Å². The molecule has 1 N–H and O–H groups in total. The first-order valence-electron chi connectivity index (χ1n) is 8.80. The summed E-state index contributed by atoms with van der Waals surface area (Å²) in [5, 5.41) is 8.15. The Morgan fingerprint density at radius 1 is 1.24 bits per heavy atom. The van der Waals surface area contributed by atoms with Gasteiger partial charge in [0.05, 0.1) is 5.69 Å². The zero-order valence-electron chi connectivity index (χ0n) is 13.5. The molecule has 4 saturated carbocycles. The number of aryl methyl sites for hydroxylation is 1. The lowest BCUT2D eigenvalue weighted by Crippen LogP contribution is -2.49. The summed E-state index contributed by atoms with van der Waals surface area (Å²) in [6.07, 6.45) is 13.7. The Balaban J connectivity index is 1.46. The molecule has 0 saturated heterocycles. The molecule has 4 aliphatic rings. The summed E-state index contributed by atoms with van der Waals surface area (Å²) in [6.45, 7) is 0. The van der Waals surface area contributed by atoms with Crippen molar-refractivity contribution < 1.29 is 0 Å². The number of rotatable bonds is 5. The molecule has 4 fully saturated rings. The number of nitrogens with one attached hydrogen (secondary N) is 1. The van der Waals surface area contributed by atoms with Crippen molar-refractivity contribution in [2.24, 2.45) is 30.2 Å². The third kappa shape index (κ3) is 2.65. The van der Waals surface area contributed by atoms with Crippen LogP contribution in [0.4, 0.5) is 0 Å². The van der Waals surface area contributed by atoms with Crippen LogP contribution < -0.4 is 5.32 Å².